The van der Waals surface area contributed by atoms with Crippen LogP contribution >= 0.6 is 0 Å². The number of aromatic nitrogens is 3. The van der Waals surface area contributed by atoms with Crippen molar-refractivity contribution in [3.8, 4) is 11.3 Å². The van der Waals surface area contributed by atoms with Crippen molar-refractivity contribution in [2.45, 2.75) is 32.0 Å². The van der Waals surface area contributed by atoms with Crippen LogP contribution in [-0.2, 0) is 22.6 Å². The second-order valence-corrected chi connectivity index (χ2v) is 9.48. The molecule has 5 rings (SSSR count). The number of rotatable bonds is 7. The molecule has 192 valence electrons. The van der Waals surface area contributed by atoms with E-state index in [0.717, 1.165) is 45.7 Å². The lowest BCUT2D eigenvalue weighted by molar-refractivity contribution is -0.127. The molecule has 1 atom stereocenters. The zero-order valence-corrected chi connectivity index (χ0v) is 20.6. The molecule has 0 radical (unpaired) electrons. The van der Waals surface area contributed by atoms with Gasteiger partial charge in [0.05, 0.1) is 37.2 Å². The van der Waals surface area contributed by atoms with E-state index in [4.69, 9.17) is 4.74 Å². The second kappa shape index (κ2) is 10.4. The number of pyridine rings is 1. The van der Waals surface area contributed by atoms with Crippen LogP contribution in [0.5, 0.6) is 0 Å². The second-order valence-electron chi connectivity index (χ2n) is 9.48. The maximum absolute atomic E-state index is 15.7. The number of carbonyl (C=O) groups excluding carboxylic acids is 2. The van der Waals surface area contributed by atoms with Crippen LogP contribution in [0.1, 0.15) is 28.8 Å². The Morgan fingerprint density at radius 2 is 2.14 bits per heavy atom. The molecule has 0 aliphatic carbocycles. The third-order valence-electron chi connectivity index (χ3n) is 7.29. The van der Waals surface area contributed by atoms with Crippen molar-refractivity contribution in [1.29, 1.82) is 0 Å². The smallest absolute Gasteiger partial charge is 0.254 e. The van der Waals surface area contributed by atoms with Gasteiger partial charge in [-0.3, -0.25) is 19.2 Å². The standard InChI is InChI=1S/C25H32FN7O3/c1-3-20(34)32-6-4-5-18(16-32)30(2)24-22(26)19-14-27-25(35)21(19)23(29-24)17-13-28-33(15-17)8-7-31-9-11-36-12-10-31/h3,13,15,18H,1,4-12,14,16H2,2H3,(H,27,35). The molecule has 1 unspecified atom stereocenters. The lowest BCUT2D eigenvalue weighted by Crippen LogP contribution is -2.48. The van der Waals surface area contributed by atoms with E-state index in [1.54, 1.807) is 23.0 Å². The first-order valence-corrected chi connectivity index (χ1v) is 12.4. The number of likely N-dealkylation sites (tertiary alicyclic amines) is 1. The number of carbonyl (C=O) groups is 2. The number of nitrogens with one attached hydrogen (secondary N) is 1. The fourth-order valence-electron chi connectivity index (χ4n) is 5.16. The number of halogens is 1. The van der Waals surface area contributed by atoms with Crippen LogP contribution in [0.4, 0.5) is 10.2 Å². The highest BCUT2D eigenvalue weighted by molar-refractivity contribution is 6.04. The number of anilines is 1. The summed E-state index contributed by atoms with van der Waals surface area (Å²) in [5.74, 6) is -0.779. The number of hydrogen-bond acceptors (Lipinski definition) is 7. The summed E-state index contributed by atoms with van der Waals surface area (Å²) in [5, 5.41) is 7.22. The lowest BCUT2D eigenvalue weighted by Gasteiger charge is -2.38. The van der Waals surface area contributed by atoms with Crippen molar-refractivity contribution >= 4 is 17.6 Å². The van der Waals surface area contributed by atoms with E-state index >= 15 is 4.39 Å². The van der Waals surface area contributed by atoms with Crippen molar-refractivity contribution in [2.75, 3.05) is 57.9 Å². The summed E-state index contributed by atoms with van der Waals surface area (Å²) >= 11 is 0. The Kier molecular flexibility index (Phi) is 7.01. The summed E-state index contributed by atoms with van der Waals surface area (Å²) in [5.41, 5.74) is 1.69. The maximum Gasteiger partial charge on any atom is 0.254 e. The van der Waals surface area contributed by atoms with Gasteiger partial charge in [-0.1, -0.05) is 6.58 Å². The van der Waals surface area contributed by atoms with Crippen LogP contribution < -0.4 is 10.2 Å². The Labute approximate surface area is 209 Å². The van der Waals surface area contributed by atoms with Crippen molar-refractivity contribution in [3.05, 3.63) is 42.0 Å². The largest absolute Gasteiger partial charge is 0.379 e. The number of hydrogen-bond donors (Lipinski definition) is 1. The summed E-state index contributed by atoms with van der Waals surface area (Å²) in [6, 6.07) is -0.100. The molecule has 2 aromatic rings. The normalized spacial score (nSPS) is 20.2. The van der Waals surface area contributed by atoms with Gasteiger partial charge in [0.25, 0.3) is 5.91 Å². The summed E-state index contributed by atoms with van der Waals surface area (Å²) in [7, 11) is 1.80. The lowest BCUT2D eigenvalue weighted by atomic mass is 10.0. The first-order chi connectivity index (χ1) is 17.5. The van der Waals surface area contributed by atoms with Crippen molar-refractivity contribution < 1.29 is 18.7 Å². The average Bonchev–Trinajstić information content (AvgIpc) is 3.55. The highest BCUT2D eigenvalue weighted by atomic mass is 19.1. The molecule has 11 heteroatoms. The third-order valence-corrected chi connectivity index (χ3v) is 7.29. The molecule has 2 saturated heterocycles. The zero-order chi connectivity index (χ0) is 25.2. The molecule has 36 heavy (non-hydrogen) atoms. The molecule has 1 N–H and O–H groups in total. The van der Waals surface area contributed by atoms with E-state index in [2.05, 4.69) is 26.9 Å². The quantitative estimate of drug-likeness (QED) is 0.576. The van der Waals surface area contributed by atoms with E-state index in [-0.39, 0.29) is 35.8 Å². The predicted molar refractivity (Wildman–Crippen MR) is 132 cm³/mol. The summed E-state index contributed by atoms with van der Waals surface area (Å²) in [6.07, 6.45) is 6.47. The Hall–Kier alpha value is -3.31. The van der Waals surface area contributed by atoms with E-state index in [1.807, 2.05) is 10.9 Å². The molecular weight excluding hydrogens is 465 g/mol. The van der Waals surface area contributed by atoms with Gasteiger partial charge in [-0.15, -0.1) is 0 Å². The molecule has 0 saturated carbocycles. The fraction of sp³-hybridized carbons (Fsp3) is 0.520. The van der Waals surface area contributed by atoms with Gasteiger partial charge in [0.2, 0.25) is 5.91 Å². The molecule has 5 heterocycles. The monoisotopic (exact) mass is 497 g/mol. The van der Waals surface area contributed by atoms with Gasteiger partial charge in [0.1, 0.15) is 0 Å². The van der Waals surface area contributed by atoms with Crippen LogP contribution in [0.15, 0.2) is 25.0 Å². The summed E-state index contributed by atoms with van der Waals surface area (Å²) in [4.78, 5) is 35.3. The van der Waals surface area contributed by atoms with Gasteiger partial charge in [-0.2, -0.15) is 5.10 Å². The molecule has 2 fully saturated rings. The van der Waals surface area contributed by atoms with Gasteiger partial charge in [0, 0.05) is 69.7 Å². The highest BCUT2D eigenvalue weighted by Crippen LogP contribution is 2.35. The Balaban J connectivity index is 1.42. The number of piperidine rings is 1. The van der Waals surface area contributed by atoms with Crippen LogP contribution in [0.25, 0.3) is 11.3 Å². The maximum atomic E-state index is 15.7. The molecule has 10 nitrogen and oxygen atoms in total. The minimum Gasteiger partial charge on any atom is -0.379 e. The predicted octanol–water partition coefficient (Wildman–Crippen LogP) is 1.27. The summed E-state index contributed by atoms with van der Waals surface area (Å²) < 4.78 is 22.9. The van der Waals surface area contributed by atoms with Gasteiger partial charge >= 0.3 is 0 Å². The van der Waals surface area contributed by atoms with E-state index in [0.29, 0.717) is 36.5 Å². The molecule has 0 spiro atoms. The molecular formula is C25H32FN7O3. The summed E-state index contributed by atoms with van der Waals surface area (Å²) in [6.45, 7) is 9.62. The van der Waals surface area contributed by atoms with Crippen LogP contribution in [-0.4, -0.2) is 95.4 Å². The van der Waals surface area contributed by atoms with Crippen molar-refractivity contribution in [3.63, 3.8) is 0 Å². The molecule has 3 aliphatic heterocycles. The minimum absolute atomic E-state index is 0.100. The van der Waals surface area contributed by atoms with E-state index in [1.165, 1.54) is 6.08 Å². The number of likely N-dealkylation sites (N-methyl/N-ethyl adjacent to an activating group) is 1. The first kappa shape index (κ1) is 24.4. The zero-order valence-electron chi connectivity index (χ0n) is 20.6. The van der Waals surface area contributed by atoms with Gasteiger partial charge in [-0.25, -0.2) is 9.37 Å². The van der Waals surface area contributed by atoms with Gasteiger partial charge in [-0.05, 0) is 18.9 Å². The van der Waals surface area contributed by atoms with Crippen LogP contribution in [0.2, 0.25) is 0 Å². The van der Waals surface area contributed by atoms with Crippen molar-refractivity contribution in [2.24, 2.45) is 0 Å². The van der Waals surface area contributed by atoms with Gasteiger partial charge < -0.3 is 19.9 Å². The minimum atomic E-state index is -0.499. The number of fused-ring (bicyclic) bond motifs is 1. The third kappa shape index (κ3) is 4.72. The number of amides is 2. The van der Waals surface area contributed by atoms with Crippen LogP contribution in [0, 0.1) is 5.82 Å². The average molecular weight is 498 g/mol. The fourth-order valence-corrected chi connectivity index (χ4v) is 5.16. The Morgan fingerprint density at radius 3 is 2.92 bits per heavy atom. The van der Waals surface area contributed by atoms with E-state index < -0.39 is 5.82 Å². The SMILES string of the molecule is C=CC(=O)N1CCCC(N(C)c2nc(-c3cnn(CCN4CCOCC4)c3)c3c(c2F)CNC3=O)C1. The highest BCUT2D eigenvalue weighted by Gasteiger charge is 2.34. The van der Waals surface area contributed by atoms with Crippen molar-refractivity contribution in [1.82, 2.24) is 29.9 Å². The number of nitrogens with zero attached hydrogens (tertiary/aromatic N) is 6. The van der Waals surface area contributed by atoms with Crippen LogP contribution in [0.3, 0.4) is 0 Å². The number of morpholine rings is 1. The molecule has 0 bridgehead atoms. The Bertz CT molecular complexity index is 1160. The topological polar surface area (TPSA) is 95.8 Å². The van der Waals surface area contributed by atoms with E-state index in [9.17, 15) is 9.59 Å². The first-order valence-electron chi connectivity index (χ1n) is 12.4. The number of ether oxygens (including phenoxy) is 1. The Morgan fingerprint density at radius 1 is 1.33 bits per heavy atom. The van der Waals surface area contributed by atoms with Gasteiger partial charge in [0.15, 0.2) is 11.6 Å². The molecule has 2 amide bonds. The molecule has 3 aliphatic rings. The molecule has 2 aromatic heterocycles. The molecule has 0 aromatic carbocycles.